The summed E-state index contributed by atoms with van der Waals surface area (Å²) in [5, 5.41) is 33.5. The molecule has 9 nitrogen and oxygen atoms in total. The summed E-state index contributed by atoms with van der Waals surface area (Å²) in [7, 11) is -4.15. The van der Waals surface area contributed by atoms with Gasteiger partial charge in [0.2, 0.25) is 0 Å². The minimum atomic E-state index is -4.15. The van der Waals surface area contributed by atoms with Gasteiger partial charge in [0.1, 0.15) is 5.60 Å². The van der Waals surface area contributed by atoms with E-state index < -0.39 is 74.0 Å². The Hall–Kier alpha value is -2.71. The molecule has 5 rings (SSSR count). The highest BCUT2D eigenvalue weighted by Crippen LogP contribution is 2.55. The third kappa shape index (κ3) is 5.38. The third-order valence-electron chi connectivity index (χ3n) is 7.48. The third-order valence-corrected chi connectivity index (χ3v) is 10.1. The molecule has 39 heavy (non-hydrogen) atoms. The Labute approximate surface area is 226 Å². The van der Waals surface area contributed by atoms with Crippen LogP contribution in [0.15, 0.2) is 35.2 Å². The first-order valence-corrected chi connectivity index (χ1v) is 13.9. The van der Waals surface area contributed by atoms with Gasteiger partial charge < -0.3 is 26.0 Å². The molecule has 4 unspecified atom stereocenters. The Morgan fingerprint density at radius 1 is 1.08 bits per heavy atom. The summed E-state index contributed by atoms with van der Waals surface area (Å²) >= 11 is 6.16. The van der Waals surface area contributed by atoms with E-state index in [1.54, 1.807) is 0 Å². The van der Waals surface area contributed by atoms with Gasteiger partial charge in [-0.05, 0) is 56.2 Å². The van der Waals surface area contributed by atoms with Crippen molar-refractivity contribution in [3.8, 4) is 0 Å². The molecule has 0 spiro atoms. The highest BCUT2D eigenvalue weighted by Gasteiger charge is 2.64. The molecule has 3 saturated carbocycles. The Morgan fingerprint density at radius 3 is 2.23 bits per heavy atom. The normalized spacial score (nSPS) is 25.8. The second-order valence-corrected chi connectivity index (χ2v) is 12.6. The van der Waals surface area contributed by atoms with Crippen molar-refractivity contribution < 1.29 is 46.5 Å². The van der Waals surface area contributed by atoms with E-state index in [0.717, 1.165) is 6.07 Å². The van der Waals surface area contributed by atoms with Crippen LogP contribution >= 0.6 is 11.6 Å². The fourth-order valence-corrected chi connectivity index (χ4v) is 7.57. The average molecular weight is 591 g/mol. The smallest absolute Gasteiger partial charge is 0.255 e. The number of rotatable bonds is 8. The lowest BCUT2D eigenvalue weighted by molar-refractivity contribution is -0.191. The van der Waals surface area contributed by atoms with Gasteiger partial charge in [0, 0.05) is 29.9 Å². The zero-order valence-electron chi connectivity index (χ0n) is 20.5. The second kappa shape index (κ2) is 10.7. The maximum Gasteiger partial charge on any atom is 0.255 e. The predicted molar refractivity (Wildman–Crippen MR) is 133 cm³/mol. The standard InChI is InChI=1S/C25H26ClF3N2O7S/c1-11(32)20(33)10-30-24(35)25(36)13-5-14(25)7-16(6-13)39(37,38)21-4-12(2-3-17(21)26)23(34)31-15-8-18(27)22(29)19(28)9-15/h2-4,8-9,11,13-14,16,20,32-33,36H,5-7,10H2,1H3,(H,30,35)(H,31,34). The van der Waals surface area contributed by atoms with Crippen molar-refractivity contribution in [3.63, 3.8) is 0 Å². The van der Waals surface area contributed by atoms with E-state index in [9.17, 15) is 46.5 Å². The van der Waals surface area contributed by atoms with Crippen LogP contribution in [0.25, 0.3) is 0 Å². The minimum Gasteiger partial charge on any atom is -0.391 e. The summed E-state index contributed by atoms with van der Waals surface area (Å²) < 4.78 is 67.2. The SMILES string of the molecule is CC(O)C(O)CNC(=O)C1(O)C2CC1CC(S(=O)(=O)c1cc(C(=O)Nc3cc(F)c(F)c(F)c3)ccc1Cl)C2. The summed E-state index contributed by atoms with van der Waals surface area (Å²) in [5.74, 6) is -7.81. The summed E-state index contributed by atoms with van der Waals surface area (Å²) in [6.45, 7) is 1.05. The molecule has 14 heteroatoms. The van der Waals surface area contributed by atoms with Gasteiger partial charge in [-0.25, -0.2) is 21.6 Å². The summed E-state index contributed by atoms with van der Waals surface area (Å²) in [6, 6.07) is 4.53. The zero-order valence-corrected chi connectivity index (χ0v) is 22.1. The summed E-state index contributed by atoms with van der Waals surface area (Å²) in [4.78, 5) is 25.0. The molecule has 212 valence electrons. The van der Waals surface area contributed by atoms with Gasteiger partial charge >= 0.3 is 0 Å². The van der Waals surface area contributed by atoms with Crippen LogP contribution in [-0.2, 0) is 14.6 Å². The molecule has 0 radical (unpaired) electrons. The number of sulfone groups is 1. The molecule has 0 heterocycles. The van der Waals surface area contributed by atoms with E-state index in [1.165, 1.54) is 19.1 Å². The van der Waals surface area contributed by atoms with Crippen LogP contribution in [0.5, 0.6) is 0 Å². The van der Waals surface area contributed by atoms with Crippen molar-refractivity contribution in [2.24, 2.45) is 11.8 Å². The average Bonchev–Trinajstić information content (AvgIpc) is 2.89. The molecule has 3 aliphatic rings. The fraction of sp³-hybridized carbons (Fsp3) is 0.440. The summed E-state index contributed by atoms with van der Waals surface area (Å²) in [5.41, 5.74) is -2.41. The highest BCUT2D eigenvalue weighted by atomic mass is 35.5. The van der Waals surface area contributed by atoms with E-state index >= 15 is 0 Å². The number of carbonyl (C=O) groups is 2. The number of amides is 2. The summed E-state index contributed by atoms with van der Waals surface area (Å²) in [6.07, 6.45) is -2.06. The Kier molecular flexibility index (Phi) is 8.03. The van der Waals surface area contributed by atoms with Gasteiger partial charge in [-0.2, -0.15) is 0 Å². The highest BCUT2D eigenvalue weighted by molar-refractivity contribution is 7.92. The molecule has 0 aromatic heterocycles. The number of aliphatic hydroxyl groups is 3. The van der Waals surface area contributed by atoms with Crippen LogP contribution in [0.2, 0.25) is 5.02 Å². The molecular formula is C25H26ClF3N2O7S. The molecule has 5 N–H and O–H groups in total. The van der Waals surface area contributed by atoms with Crippen LogP contribution in [-0.4, -0.2) is 65.2 Å². The first-order valence-electron chi connectivity index (χ1n) is 12.0. The number of anilines is 1. The maximum absolute atomic E-state index is 13.5. The first kappa shape index (κ1) is 29.3. The van der Waals surface area contributed by atoms with Gasteiger partial charge in [-0.3, -0.25) is 9.59 Å². The van der Waals surface area contributed by atoms with E-state index in [4.69, 9.17) is 11.6 Å². The van der Waals surface area contributed by atoms with Crippen LogP contribution in [0.1, 0.15) is 36.5 Å². The van der Waals surface area contributed by atoms with Crippen molar-refractivity contribution in [3.05, 3.63) is 58.4 Å². The van der Waals surface area contributed by atoms with Gasteiger partial charge in [0.25, 0.3) is 11.8 Å². The minimum absolute atomic E-state index is 0.0669. The Bertz CT molecular complexity index is 1390. The molecule has 2 bridgehead atoms. The molecule has 2 aromatic carbocycles. The monoisotopic (exact) mass is 590 g/mol. The van der Waals surface area contributed by atoms with E-state index in [2.05, 4.69) is 10.6 Å². The Morgan fingerprint density at radius 2 is 1.67 bits per heavy atom. The molecule has 0 aliphatic heterocycles. The lowest BCUT2D eigenvalue weighted by Crippen LogP contribution is -2.69. The predicted octanol–water partition coefficient (Wildman–Crippen LogP) is 2.17. The Balaban J connectivity index is 1.50. The van der Waals surface area contributed by atoms with Crippen LogP contribution in [0.3, 0.4) is 0 Å². The van der Waals surface area contributed by atoms with Crippen molar-refractivity contribution in [1.82, 2.24) is 5.32 Å². The number of carbonyl (C=O) groups excluding carboxylic acids is 2. The second-order valence-electron chi connectivity index (χ2n) is 9.96. The molecule has 4 atom stereocenters. The van der Waals surface area contributed by atoms with E-state index in [0.29, 0.717) is 18.6 Å². The molecule has 2 aromatic rings. The van der Waals surface area contributed by atoms with Crippen LogP contribution in [0.4, 0.5) is 18.9 Å². The molecule has 3 fully saturated rings. The fourth-order valence-electron chi connectivity index (χ4n) is 5.17. The number of hydrogen-bond acceptors (Lipinski definition) is 7. The largest absolute Gasteiger partial charge is 0.391 e. The van der Waals surface area contributed by atoms with Crippen LogP contribution in [0, 0.1) is 29.3 Å². The lowest BCUT2D eigenvalue weighted by Gasteiger charge is -2.56. The molecule has 2 amide bonds. The van der Waals surface area contributed by atoms with Gasteiger partial charge in [0.05, 0.1) is 27.4 Å². The number of fused-ring (bicyclic) bond motifs is 2. The topological polar surface area (TPSA) is 153 Å². The zero-order chi connectivity index (χ0) is 28.9. The van der Waals surface area contributed by atoms with Gasteiger partial charge in [0.15, 0.2) is 27.3 Å². The van der Waals surface area contributed by atoms with Gasteiger partial charge in [-0.15, -0.1) is 0 Å². The van der Waals surface area contributed by atoms with Crippen LogP contribution < -0.4 is 10.6 Å². The van der Waals surface area contributed by atoms with E-state index in [-0.39, 0.29) is 40.6 Å². The van der Waals surface area contributed by atoms with Crippen molar-refractivity contribution >= 4 is 38.9 Å². The van der Waals surface area contributed by atoms with Crippen molar-refractivity contribution in [2.75, 3.05) is 11.9 Å². The number of halogens is 4. The maximum atomic E-state index is 13.5. The number of aliphatic hydroxyl groups excluding tert-OH is 2. The molecular weight excluding hydrogens is 565 g/mol. The van der Waals surface area contributed by atoms with Crippen molar-refractivity contribution in [2.45, 2.75) is 54.1 Å². The molecule has 3 aliphatic carbocycles. The van der Waals surface area contributed by atoms with Crippen molar-refractivity contribution in [1.29, 1.82) is 0 Å². The number of benzene rings is 2. The molecule has 0 saturated heterocycles. The van der Waals surface area contributed by atoms with E-state index in [1.807, 2.05) is 0 Å². The lowest BCUT2D eigenvalue weighted by atomic mass is 9.53. The number of nitrogens with one attached hydrogen (secondary N) is 2. The van der Waals surface area contributed by atoms with Gasteiger partial charge in [-0.1, -0.05) is 11.6 Å². The quantitative estimate of drug-likeness (QED) is 0.295. The number of hydrogen-bond donors (Lipinski definition) is 5. The first-order chi connectivity index (χ1) is 18.2.